The lowest BCUT2D eigenvalue weighted by Gasteiger charge is -2.19. The molecule has 0 bridgehead atoms. The molecule has 24 heavy (non-hydrogen) atoms. The highest BCUT2D eigenvalue weighted by Gasteiger charge is 2.15. The van der Waals surface area contributed by atoms with Gasteiger partial charge in [-0.1, -0.05) is 24.3 Å². The van der Waals surface area contributed by atoms with Gasteiger partial charge in [-0.05, 0) is 30.7 Å². The second-order valence-corrected chi connectivity index (χ2v) is 5.48. The first-order chi connectivity index (χ1) is 11.8. The molecule has 0 radical (unpaired) electrons. The van der Waals surface area contributed by atoms with Crippen LogP contribution >= 0.6 is 0 Å². The average molecular weight is 319 g/mol. The standard InChI is InChI=1S/C19H17N3O2/c1-2-3-13-4-6-14(7-5-13)22-19-15-10-17-18(24-9-8-23-17)11-16(15)20-12-21-19/h2-7,10-12H,8-9H2,1H3,(H,20,21,22)/b3-2+. The predicted octanol–water partition coefficient (Wildman–Crippen LogP) is 4.18. The lowest BCUT2D eigenvalue weighted by atomic mass is 10.1. The van der Waals surface area contributed by atoms with Gasteiger partial charge >= 0.3 is 0 Å². The average Bonchev–Trinajstić information content (AvgIpc) is 2.62. The number of hydrogen-bond acceptors (Lipinski definition) is 5. The van der Waals surface area contributed by atoms with E-state index in [1.165, 1.54) is 0 Å². The zero-order valence-electron chi connectivity index (χ0n) is 13.3. The number of nitrogens with zero attached hydrogens (tertiary/aromatic N) is 2. The van der Waals surface area contributed by atoms with E-state index in [0.29, 0.717) is 13.2 Å². The number of allylic oxidation sites excluding steroid dienone is 1. The van der Waals surface area contributed by atoms with Gasteiger partial charge in [-0.25, -0.2) is 9.97 Å². The smallest absolute Gasteiger partial charge is 0.163 e. The molecule has 3 aromatic rings. The first kappa shape index (κ1) is 14.5. The molecule has 2 heterocycles. The van der Waals surface area contributed by atoms with Crippen molar-refractivity contribution in [3.05, 3.63) is 54.4 Å². The molecular weight excluding hydrogens is 302 g/mol. The molecule has 0 saturated heterocycles. The molecule has 2 aromatic carbocycles. The summed E-state index contributed by atoms with van der Waals surface area (Å²) in [6.07, 6.45) is 5.63. The zero-order valence-corrected chi connectivity index (χ0v) is 13.3. The highest BCUT2D eigenvalue weighted by atomic mass is 16.6. The van der Waals surface area contributed by atoms with Crippen molar-refractivity contribution < 1.29 is 9.47 Å². The van der Waals surface area contributed by atoms with Gasteiger partial charge in [0.25, 0.3) is 0 Å². The van der Waals surface area contributed by atoms with Crippen LogP contribution < -0.4 is 14.8 Å². The van der Waals surface area contributed by atoms with Crippen LogP contribution in [0.2, 0.25) is 0 Å². The van der Waals surface area contributed by atoms with Crippen molar-refractivity contribution in [1.29, 1.82) is 0 Å². The van der Waals surface area contributed by atoms with Crippen LogP contribution in [0.4, 0.5) is 11.5 Å². The van der Waals surface area contributed by atoms with Gasteiger partial charge in [-0.15, -0.1) is 0 Å². The number of rotatable bonds is 3. The van der Waals surface area contributed by atoms with Gasteiger partial charge < -0.3 is 14.8 Å². The molecule has 1 N–H and O–H groups in total. The number of fused-ring (bicyclic) bond motifs is 2. The number of aromatic nitrogens is 2. The fourth-order valence-electron chi connectivity index (χ4n) is 2.70. The van der Waals surface area contributed by atoms with Gasteiger partial charge in [0.1, 0.15) is 25.4 Å². The summed E-state index contributed by atoms with van der Waals surface area (Å²) in [5, 5.41) is 4.25. The van der Waals surface area contributed by atoms with Gasteiger partial charge in [-0.2, -0.15) is 0 Å². The molecule has 5 nitrogen and oxygen atoms in total. The summed E-state index contributed by atoms with van der Waals surface area (Å²) in [7, 11) is 0. The van der Waals surface area contributed by atoms with Crippen molar-refractivity contribution in [3.8, 4) is 11.5 Å². The Morgan fingerprint density at radius 2 is 1.75 bits per heavy atom. The SMILES string of the molecule is C/C=C/c1ccc(Nc2ncnc3cc4c(cc23)OCCO4)cc1. The number of nitrogens with one attached hydrogen (secondary N) is 1. The third-order valence-electron chi connectivity index (χ3n) is 3.83. The van der Waals surface area contributed by atoms with E-state index in [9.17, 15) is 0 Å². The highest BCUT2D eigenvalue weighted by Crippen LogP contribution is 2.36. The maximum absolute atomic E-state index is 5.66. The van der Waals surface area contributed by atoms with E-state index in [0.717, 1.165) is 39.5 Å². The molecule has 120 valence electrons. The maximum Gasteiger partial charge on any atom is 0.163 e. The van der Waals surface area contributed by atoms with E-state index < -0.39 is 0 Å². The molecule has 0 amide bonds. The van der Waals surface area contributed by atoms with E-state index in [2.05, 4.69) is 33.5 Å². The van der Waals surface area contributed by atoms with Gasteiger partial charge in [0.2, 0.25) is 0 Å². The minimum absolute atomic E-state index is 0.557. The second-order valence-electron chi connectivity index (χ2n) is 5.48. The quantitative estimate of drug-likeness (QED) is 0.785. The first-order valence-electron chi connectivity index (χ1n) is 7.87. The van der Waals surface area contributed by atoms with Crippen LogP contribution in [0, 0.1) is 0 Å². The second kappa shape index (κ2) is 6.20. The van der Waals surface area contributed by atoms with Crippen LogP contribution in [0.3, 0.4) is 0 Å². The van der Waals surface area contributed by atoms with Crippen LogP contribution in [-0.2, 0) is 0 Å². The van der Waals surface area contributed by atoms with Gasteiger partial charge in [0, 0.05) is 17.1 Å². The molecule has 0 aliphatic carbocycles. The number of benzene rings is 2. The maximum atomic E-state index is 5.66. The predicted molar refractivity (Wildman–Crippen MR) is 95.0 cm³/mol. The first-order valence-corrected chi connectivity index (χ1v) is 7.87. The molecule has 1 aliphatic rings. The molecule has 0 fully saturated rings. The monoisotopic (exact) mass is 319 g/mol. The van der Waals surface area contributed by atoms with Crippen LogP contribution in [0.1, 0.15) is 12.5 Å². The summed E-state index contributed by atoms with van der Waals surface area (Å²) in [6.45, 7) is 3.13. The molecule has 1 aromatic heterocycles. The topological polar surface area (TPSA) is 56.3 Å². The minimum atomic E-state index is 0.557. The molecule has 0 unspecified atom stereocenters. The van der Waals surface area contributed by atoms with Crippen molar-refractivity contribution in [2.24, 2.45) is 0 Å². The Hall–Kier alpha value is -3.08. The Morgan fingerprint density at radius 1 is 1.00 bits per heavy atom. The van der Waals surface area contributed by atoms with Crippen LogP contribution in [0.15, 0.2) is 48.8 Å². The van der Waals surface area contributed by atoms with E-state index >= 15 is 0 Å². The Morgan fingerprint density at radius 3 is 2.50 bits per heavy atom. The summed E-state index contributed by atoms with van der Waals surface area (Å²) >= 11 is 0. The van der Waals surface area contributed by atoms with Crippen molar-refractivity contribution in [3.63, 3.8) is 0 Å². The van der Waals surface area contributed by atoms with Crippen molar-refractivity contribution in [1.82, 2.24) is 9.97 Å². The summed E-state index contributed by atoms with van der Waals surface area (Å²) < 4.78 is 11.3. The van der Waals surface area contributed by atoms with Crippen molar-refractivity contribution in [2.75, 3.05) is 18.5 Å². The van der Waals surface area contributed by atoms with Crippen molar-refractivity contribution in [2.45, 2.75) is 6.92 Å². The van der Waals surface area contributed by atoms with Crippen LogP contribution in [-0.4, -0.2) is 23.2 Å². The van der Waals surface area contributed by atoms with Gasteiger partial charge in [0.05, 0.1) is 5.52 Å². The lowest BCUT2D eigenvalue weighted by molar-refractivity contribution is 0.172. The summed E-state index contributed by atoms with van der Waals surface area (Å²) in [4.78, 5) is 8.71. The van der Waals surface area contributed by atoms with E-state index in [1.54, 1.807) is 6.33 Å². The Bertz CT molecular complexity index is 904. The molecule has 0 atom stereocenters. The third-order valence-corrected chi connectivity index (χ3v) is 3.83. The zero-order chi connectivity index (χ0) is 16.4. The number of hydrogen-bond donors (Lipinski definition) is 1. The summed E-state index contributed by atoms with van der Waals surface area (Å²) in [5.41, 5.74) is 2.95. The molecule has 0 spiro atoms. The molecular formula is C19H17N3O2. The van der Waals surface area contributed by atoms with E-state index in [-0.39, 0.29) is 0 Å². The van der Waals surface area contributed by atoms with Crippen LogP contribution in [0.25, 0.3) is 17.0 Å². The number of ether oxygens (including phenoxy) is 2. The van der Waals surface area contributed by atoms with Crippen molar-refractivity contribution >= 4 is 28.5 Å². The Kier molecular flexibility index (Phi) is 3.75. The minimum Gasteiger partial charge on any atom is -0.486 e. The molecule has 5 heteroatoms. The Balaban J connectivity index is 1.70. The number of anilines is 2. The summed E-state index contributed by atoms with van der Waals surface area (Å²) in [6, 6.07) is 12.0. The normalized spacial score (nSPS) is 13.4. The third kappa shape index (κ3) is 2.76. The fourth-order valence-corrected chi connectivity index (χ4v) is 2.70. The molecule has 1 aliphatic heterocycles. The lowest BCUT2D eigenvalue weighted by Crippen LogP contribution is -2.15. The summed E-state index contributed by atoms with van der Waals surface area (Å²) in [5.74, 6) is 2.21. The molecule has 0 saturated carbocycles. The van der Waals surface area contributed by atoms with E-state index in [4.69, 9.17) is 9.47 Å². The van der Waals surface area contributed by atoms with Crippen LogP contribution in [0.5, 0.6) is 11.5 Å². The highest BCUT2D eigenvalue weighted by molar-refractivity contribution is 5.93. The largest absolute Gasteiger partial charge is 0.486 e. The fraction of sp³-hybridized carbons (Fsp3) is 0.158. The molecule has 4 rings (SSSR count). The van der Waals surface area contributed by atoms with E-state index in [1.807, 2.05) is 37.3 Å². The Labute approximate surface area is 140 Å². The van der Waals surface area contributed by atoms with Gasteiger partial charge in [0.15, 0.2) is 11.5 Å². The van der Waals surface area contributed by atoms with Gasteiger partial charge in [-0.3, -0.25) is 0 Å².